The smallest absolute Gasteiger partial charge is 0.293 e. The van der Waals surface area contributed by atoms with Crippen LogP contribution in [0.15, 0.2) is 22.7 Å². The summed E-state index contributed by atoms with van der Waals surface area (Å²) in [5.41, 5.74) is 0.826. The summed E-state index contributed by atoms with van der Waals surface area (Å²) in [6.07, 6.45) is 0.396. The summed E-state index contributed by atoms with van der Waals surface area (Å²) in [6.45, 7) is 1.37. The normalized spacial score (nSPS) is 10.5. The van der Waals surface area contributed by atoms with E-state index in [-0.39, 0.29) is 11.7 Å². The highest BCUT2D eigenvalue weighted by atomic mass is 35.5. The Morgan fingerprint density at radius 3 is 2.76 bits per heavy atom. The van der Waals surface area contributed by atoms with Crippen LogP contribution in [0.1, 0.15) is 29.0 Å². The molecular weight excluding hydrogens is 263 g/mol. The number of hydrogen-bond acceptors (Lipinski definition) is 4. The van der Waals surface area contributed by atoms with Crippen molar-refractivity contribution in [1.82, 2.24) is 10.1 Å². The van der Waals surface area contributed by atoms with Gasteiger partial charge in [-0.05, 0) is 17.7 Å². The van der Waals surface area contributed by atoms with Gasteiger partial charge in [0.05, 0.1) is 0 Å². The van der Waals surface area contributed by atoms with Crippen LogP contribution < -0.4 is 0 Å². The average molecular weight is 271 g/mol. The molecule has 0 aliphatic heterocycles. The molecule has 0 saturated heterocycles. The summed E-state index contributed by atoms with van der Waals surface area (Å²) in [5, 5.41) is 4.80. The number of benzene rings is 1. The molecule has 0 N–H and O–H groups in total. The van der Waals surface area contributed by atoms with Gasteiger partial charge in [-0.1, -0.05) is 34.4 Å². The first-order valence-corrected chi connectivity index (χ1v) is 5.59. The molecule has 1 heterocycles. The second-order valence-corrected chi connectivity index (χ2v) is 4.33. The van der Waals surface area contributed by atoms with Gasteiger partial charge >= 0.3 is 0 Å². The molecule has 0 aliphatic rings. The summed E-state index contributed by atoms with van der Waals surface area (Å²) < 4.78 is 4.78. The van der Waals surface area contributed by atoms with Crippen molar-refractivity contribution < 1.29 is 9.32 Å². The summed E-state index contributed by atoms with van der Waals surface area (Å²) in [4.78, 5) is 14.9. The third-order valence-corrected chi connectivity index (χ3v) is 2.72. The highest BCUT2D eigenvalue weighted by Gasteiger charge is 2.12. The van der Waals surface area contributed by atoms with E-state index in [0.29, 0.717) is 22.3 Å². The first-order chi connectivity index (χ1) is 8.06. The molecule has 17 heavy (non-hydrogen) atoms. The van der Waals surface area contributed by atoms with Crippen LogP contribution in [0.3, 0.4) is 0 Å². The van der Waals surface area contributed by atoms with Gasteiger partial charge in [0.1, 0.15) is 0 Å². The fourth-order valence-electron chi connectivity index (χ4n) is 1.30. The van der Waals surface area contributed by atoms with E-state index < -0.39 is 0 Å². The van der Waals surface area contributed by atoms with Crippen LogP contribution in [0.5, 0.6) is 0 Å². The van der Waals surface area contributed by atoms with E-state index in [1.54, 1.807) is 18.2 Å². The number of aromatic nitrogens is 2. The SMILES string of the molecule is CC(=O)c1nc(Cc2ccc(Cl)cc2Cl)no1. The monoisotopic (exact) mass is 270 g/mol. The van der Waals surface area contributed by atoms with Crippen LogP contribution >= 0.6 is 23.2 Å². The Balaban J connectivity index is 2.22. The molecule has 1 aromatic carbocycles. The summed E-state index contributed by atoms with van der Waals surface area (Å²) in [7, 11) is 0. The second kappa shape index (κ2) is 4.85. The van der Waals surface area contributed by atoms with E-state index in [1.165, 1.54) is 6.92 Å². The molecule has 0 radical (unpaired) electrons. The van der Waals surface area contributed by atoms with Crippen molar-refractivity contribution in [3.05, 3.63) is 45.5 Å². The van der Waals surface area contributed by atoms with E-state index >= 15 is 0 Å². The van der Waals surface area contributed by atoms with Crippen molar-refractivity contribution in [2.24, 2.45) is 0 Å². The number of carbonyl (C=O) groups is 1. The summed E-state index contributed by atoms with van der Waals surface area (Å²) >= 11 is 11.8. The van der Waals surface area contributed by atoms with Gasteiger partial charge in [-0.25, -0.2) is 0 Å². The lowest BCUT2D eigenvalue weighted by atomic mass is 10.1. The predicted molar refractivity (Wildman–Crippen MR) is 63.6 cm³/mol. The Kier molecular flexibility index (Phi) is 3.45. The number of hydrogen-bond donors (Lipinski definition) is 0. The third kappa shape index (κ3) is 2.84. The summed E-state index contributed by atoms with van der Waals surface area (Å²) in [5.74, 6) is 0.162. The third-order valence-electron chi connectivity index (χ3n) is 2.13. The number of halogens is 2. The fraction of sp³-hybridized carbons (Fsp3) is 0.182. The van der Waals surface area contributed by atoms with Gasteiger partial charge < -0.3 is 4.52 Å². The molecule has 0 unspecified atom stereocenters. The minimum absolute atomic E-state index is 0.00471. The maximum atomic E-state index is 11.0. The molecule has 6 heteroatoms. The molecule has 88 valence electrons. The van der Waals surface area contributed by atoms with Crippen LogP contribution in [0.2, 0.25) is 10.0 Å². The first kappa shape index (κ1) is 12.1. The summed E-state index contributed by atoms with van der Waals surface area (Å²) in [6, 6.07) is 5.16. The second-order valence-electron chi connectivity index (χ2n) is 3.48. The molecule has 0 atom stereocenters. The lowest BCUT2D eigenvalue weighted by Gasteiger charge is -2.00. The van der Waals surface area contributed by atoms with Gasteiger partial charge in [0.2, 0.25) is 5.78 Å². The van der Waals surface area contributed by atoms with E-state index in [0.717, 1.165) is 5.56 Å². The molecule has 1 aromatic heterocycles. The molecule has 0 saturated carbocycles. The average Bonchev–Trinajstić information content (AvgIpc) is 2.71. The zero-order chi connectivity index (χ0) is 12.4. The van der Waals surface area contributed by atoms with Gasteiger partial charge in [0, 0.05) is 23.4 Å². The maximum Gasteiger partial charge on any atom is 0.293 e. The Morgan fingerprint density at radius 1 is 1.41 bits per heavy atom. The highest BCUT2D eigenvalue weighted by molar-refractivity contribution is 6.35. The van der Waals surface area contributed by atoms with Crippen LogP contribution in [-0.4, -0.2) is 15.9 Å². The van der Waals surface area contributed by atoms with Crippen LogP contribution in [0, 0.1) is 0 Å². The van der Waals surface area contributed by atoms with E-state index in [2.05, 4.69) is 10.1 Å². The van der Waals surface area contributed by atoms with Crippen molar-refractivity contribution in [2.45, 2.75) is 13.3 Å². The maximum absolute atomic E-state index is 11.0. The first-order valence-electron chi connectivity index (χ1n) is 4.83. The Bertz CT molecular complexity index is 566. The van der Waals surface area contributed by atoms with Crippen molar-refractivity contribution in [3.63, 3.8) is 0 Å². The molecule has 0 aliphatic carbocycles. The molecule has 2 aromatic rings. The molecule has 0 bridgehead atoms. The quantitative estimate of drug-likeness (QED) is 0.804. The number of carbonyl (C=O) groups excluding carboxylic acids is 1. The topological polar surface area (TPSA) is 56.0 Å². The molecule has 0 amide bonds. The molecular formula is C11H8Cl2N2O2. The number of ketones is 1. The molecule has 2 rings (SSSR count). The van der Waals surface area contributed by atoms with E-state index in [9.17, 15) is 4.79 Å². The van der Waals surface area contributed by atoms with Crippen LogP contribution in [0.25, 0.3) is 0 Å². The van der Waals surface area contributed by atoms with Gasteiger partial charge in [0.25, 0.3) is 5.89 Å². The standard InChI is InChI=1S/C11H8Cl2N2O2/c1-6(16)11-14-10(15-17-11)4-7-2-3-8(12)5-9(7)13/h2-3,5H,4H2,1H3. The Labute approximate surface area is 108 Å². The lowest BCUT2D eigenvalue weighted by Crippen LogP contribution is -1.95. The number of rotatable bonds is 3. The number of Topliss-reactive ketones (excluding diaryl/α,β-unsaturated/α-hetero) is 1. The van der Waals surface area contributed by atoms with Gasteiger partial charge in [-0.2, -0.15) is 4.98 Å². The minimum atomic E-state index is -0.258. The predicted octanol–water partition coefficient (Wildman–Crippen LogP) is 3.17. The molecule has 0 spiro atoms. The molecule has 0 fully saturated rings. The van der Waals surface area contributed by atoms with Gasteiger partial charge in [-0.3, -0.25) is 4.79 Å². The van der Waals surface area contributed by atoms with Crippen molar-refractivity contribution in [1.29, 1.82) is 0 Å². The van der Waals surface area contributed by atoms with E-state index in [1.807, 2.05) is 0 Å². The lowest BCUT2D eigenvalue weighted by molar-refractivity contribution is 0.0972. The minimum Gasteiger partial charge on any atom is -0.331 e. The fourth-order valence-corrected chi connectivity index (χ4v) is 1.78. The molecule has 4 nitrogen and oxygen atoms in total. The zero-order valence-corrected chi connectivity index (χ0v) is 10.4. The van der Waals surface area contributed by atoms with Gasteiger partial charge in [-0.15, -0.1) is 0 Å². The van der Waals surface area contributed by atoms with Crippen LogP contribution in [-0.2, 0) is 6.42 Å². The van der Waals surface area contributed by atoms with Gasteiger partial charge in [0.15, 0.2) is 5.82 Å². The Morgan fingerprint density at radius 2 is 2.18 bits per heavy atom. The zero-order valence-electron chi connectivity index (χ0n) is 8.91. The van der Waals surface area contributed by atoms with Crippen molar-refractivity contribution in [2.75, 3.05) is 0 Å². The van der Waals surface area contributed by atoms with Crippen molar-refractivity contribution >= 4 is 29.0 Å². The Hall–Kier alpha value is -1.39. The van der Waals surface area contributed by atoms with Crippen molar-refractivity contribution in [3.8, 4) is 0 Å². The largest absolute Gasteiger partial charge is 0.331 e. The number of nitrogens with zero attached hydrogens (tertiary/aromatic N) is 2. The van der Waals surface area contributed by atoms with Crippen LogP contribution in [0.4, 0.5) is 0 Å². The highest BCUT2D eigenvalue weighted by Crippen LogP contribution is 2.22. The van der Waals surface area contributed by atoms with E-state index in [4.69, 9.17) is 27.7 Å².